The lowest BCUT2D eigenvalue weighted by atomic mass is 10.1. The standard InChI is InChI=1S/C24H19F3N4OS/c25-24(26,27)18-9-10-22(29-16-18)30-11-13-31(14-12-30)23(32)19-6-2-4-8-21(19)33-20-7-3-1-5-17(20)15-28/h1-10,16H,11-14H2. The van der Waals surface area contributed by atoms with Crippen molar-refractivity contribution in [2.24, 2.45) is 0 Å². The van der Waals surface area contributed by atoms with Gasteiger partial charge in [-0.2, -0.15) is 18.4 Å². The predicted octanol–water partition coefficient (Wildman–Crippen LogP) is 5.09. The molecule has 0 unspecified atom stereocenters. The van der Waals surface area contributed by atoms with Gasteiger partial charge >= 0.3 is 6.18 Å². The average molecular weight is 469 g/mol. The minimum Gasteiger partial charge on any atom is -0.353 e. The van der Waals surface area contributed by atoms with E-state index in [1.165, 1.54) is 17.8 Å². The molecule has 1 amide bonds. The molecule has 1 aliphatic heterocycles. The topological polar surface area (TPSA) is 60.2 Å². The number of alkyl halides is 3. The molecule has 0 N–H and O–H groups in total. The zero-order valence-corrected chi connectivity index (χ0v) is 18.2. The highest BCUT2D eigenvalue weighted by atomic mass is 32.2. The number of hydrogen-bond acceptors (Lipinski definition) is 5. The summed E-state index contributed by atoms with van der Waals surface area (Å²) < 4.78 is 38.3. The lowest BCUT2D eigenvalue weighted by Crippen LogP contribution is -2.49. The lowest BCUT2D eigenvalue weighted by Gasteiger charge is -2.35. The molecule has 1 aliphatic rings. The maximum absolute atomic E-state index is 13.3. The third kappa shape index (κ3) is 5.12. The number of rotatable bonds is 4. The Morgan fingerprint density at radius 3 is 2.24 bits per heavy atom. The molecule has 0 aliphatic carbocycles. The summed E-state index contributed by atoms with van der Waals surface area (Å²) in [6.45, 7) is 1.79. The number of hydrogen-bond donors (Lipinski definition) is 0. The van der Waals surface area contributed by atoms with Crippen molar-refractivity contribution < 1.29 is 18.0 Å². The molecule has 1 aromatic heterocycles. The molecule has 33 heavy (non-hydrogen) atoms. The van der Waals surface area contributed by atoms with Gasteiger partial charge in [0.1, 0.15) is 11.9 Å². The van der Waals surface area contributed by atoms with Crippen LogP contribution in [0.4, 0.5) is 19.0 Å². The molecule has 2 heterocycles. The smallest absolute Gasteiger partial charge is 0.353 e. The second-order valence-electron chi connectivity index (χ2n) is 7.39. The molecule has 5 nitrogen and oxygen atoms in total. The molecular weight excluding hydrogens is 449 g/mol. The summed E-state index contributed by atoms with van der Waals surface area (Å²) in [5.74, 6) is 0.340. The minimum absolute atomic E-state index is 0.118. The highest BCUT2D eigenvalue weighted by molar-refractivity contribution is 7.99. The largest absolute Gasteiger partial charge is 0.417 e. The third-order valence-electron chi connectivity index (χ3n) is 5.31. The number of nitrogens with zero attached hydrogens (tertiary/aromatic N) is 4. The molecule has 1 fully saturated rings. The minimum atomic E-state index is -4.42. The van der Waals surface area contributed by atoms with Gasteiger partial charge < -0.3 is 9.80 Å². The highest BCUT2D eigenvalue weighted by Crippen LogP contribution is 2.33. The number of aromatic nitrogens is 1. The quantitative estimate of drug-likeness (QED) is 0.534. The van der Waals surface area contributed by atoms with E-state index < -0.39 is 11.7 Å². The van der Waals surface area contributed by atoms with Crippen molar-refractivity contribution in [1.82, 2.24) is 9.88 Å². The molecule has 0 saturated carbocycles. The van der Waals surface area contributed by atoms with Gasteiger partial charge in [0.15, 0.2) is 0 Å². The number of pyridine rings is 1. The number of halogens is 3. The summed E-state index contributed by atoms with van der Waals surface area (Å²) in [5.41, 5.74) is 0.311. The molecule has 0 bridgehead atoms. The van der Waals surface area contributed by atoms with E-state index in [2.05, 4.69) is 11.1 Å². The fourth-order valence-electron chi connectivity index (χ4n) is 3.55. The Kier molecular flexibility index (Phi) is 6.56. The molecular formula is C24H19F3N4OS. The summed E-state index contributed by atoms with van der Waals surface area (Å²) in [7, 11) is 0. The van der Waals surface area contributed by atoms with Crippen LogP contribution < -0.4 is 4.90 Å². The number of nitriles is 1. The van der Waals surface area contributed by atoms with Crippen molar-refractivity contribution in [3.05, 3.63) is 83.6 Å². The Morgan fingerprint density at radius 2 is 1.61 bits per heavy atom. The van der Waals surface area contributed by atoms with Gasteiger partial charge in [-0.25, -0.2) is 4.98 Å². The number of amides is 1. The summed E-state index contributed by atoms with van der Waals surface area (Å²) in [6.07, 6.45) is -3.59. The fraction of sp³-hybridized carbons (Fsp3) is 0.208. The van der Waals surface area contributed by atoms with Crippen LogP contribution in [0.5, 0.6) is 0 Å². The predicted molar refractivity (Wildman–Crippen MR) is 119 cm³/mol. The van der Waals surface area contributed by atoms with Crippen molar-refractivity contribution in [3.63, 3.8) is 0 Å². The molecule has 4 rings (SSSR count). The zero-order chi connectivity index (χ0) is 23.4. The van der Waals surface area contributed by atoms with Crippen LogP contribution in [0.25, 0.3) is 0 Å². The molecule has 1 saturated heterocycles. The Hall–Kier alpha value is -3.51. The van der Waals surface area contributed by atoms with Crippen molar-refractivity contribution in [2.75, 3.05) is 31.1 Å². The molecule has 168 valence electrons. The molecule has 3 aromatic rings. The van der Waals surface area contributed by atoms with Gasteiger partial charge in [0.25, 0.3) is 5.91 Å². The van der Waals surface area contributed by atoms with Gasteiger partial charge in [0.2, 0.25) is 0 Å². The zero-order valence-electron chi connectivity index (χ0n) is 17.4. The second-order valence-corrected chi connectivity index (χ2v) is 8.47. The summed E-state index contributed by atoms with van der Waals surface area (Å²) >= 11 is 1.38. The Bertz CT molecular complexity index is 1180. The Balaban J connectivity index is 1.45. The van der Waals surface area contributed by atoms with Crippen molar-refractivity contribution in [3.8, 4) is 6.07 Å². The van der Waals surface area contributed by atoms with E-state index >= 15 is 0 Å². The van der Waals surface area contributed by atoms with Gasteiger partial charge in [0, 0.05) is 42.2 Å². The second kappa shape index (κ2) is 9.55. The van der Waals surface area contributed by atoms with E-state index in [1.54, 1.807) is 29.2 Å². The van der Waals surface area contributed by atoms with Gasteiger partial charge in [-0.05, 0) is 36.4 Å². The maximum atomic E-state index is 13.3. The molecule has 0 spiro atoms. The van der Waals surface area contributed by atoms with E-state index in [0.29, 0.717) is 43.1 Å². The van der Waals surface area contributed by atoms with Crippen LogP contribution in [0.15, 0.2) is 76.7 Å². The van der Waals surface area contributed by atoms with E-state index in [0.717, 1.165) is 22.1 Å². The van der Waals surface area contributed by atoms with Crippen LogP contribution >= 0.6 is 11.8 Å². The van der Waals surface area contributed by atoms with Crippen LogP contribution in [0.3, 0.4) is 0 Å². The van der Waals surface area contributed by atoms with Crippen LogP contribution in [-0.2, 0) is 6.18 Å². The third-order valence-corrected chi connectivity index (χ3v) is 6.46. The van der Waals surface area contributed by atoms with Crippen LogP contribution in [0.2, 0.25) is 0 Å². The van der Waals surface area contributed by atoms with Crippen LogP contribution in [-0.4, -0.2) is 42.0 Å². The first-order valence-electron chi connectivity index (χ1n) is 10.2. The average Bonchev–Trinajstić information content (AvgIpc) is 2.84. The van der Waals surface area contributed by atoms with Crippen LogP contribution in [0, 0.1) is 11.3 Å². The highest BCUT2D eigenvalue weighted by Gasteiger charge is 2.31. The normalized spacial score (nSPS) is 14.1. The van der Waals surface area contributed by atoms with Crippen molar-refractivity contribution in [1.29, 1.82) is 5.26 Å². The number of benzene rings is 2. The van der Waals surface area contributed by atoms with Gasteiger partial charge in [-0.15, -0.1) is 0 Å². The summed E-state index contributed by atoms with van der Waals surface area (Å²) in [4.78, 5) is 22.3. The number of carbonyl (C=O) groups is 1. The summed E-state index contributed by atoms with van der Waals surface area (Å²) in [6, 6.07) is 19.1. The lowest BCUT2D eigenvalue weighted by molar-refractivity contribution is -0.137. The molecule has 0 atom stereocenters. The van der Waals surface area contributed by atoms with Crippen molar-refractivity contribution >= 4 is 23.5 Å². The molecule has 2 aromatic carbocycles. The fourth-order valence-corrected chi connectivity index (χ4v) is 4.57. The number of piperazine rings is 1. The molecule has 9 heteroatoms. The molecule has 0 radical (unpaired) electrons. The first-order chi connectivity index (χ1) is 15.9. The van der Waals surface area contributed by atoms with E-state index in [4.69, 9.17) is 0 Å². The summed E-state index contributed by atoms with van der Waals surface area (Å²) in [5, 5.41) is 9.35. The maximum Gasteiger partial charge on any atom is 0.417 e. The van der Waals surface area contributed by atoms with E-state index in [1.807, 2.05) is 29.2 Å². The number of anilines is 1. The Labute approximate surface area is 193 Å². The SMILES string of the molecule is N#Cc1ccccc1Sc1ccccc1C(=O)N1CCN(c2ccc(C(F)(F)F)cn2)CC1. The van der Waals surface area contributed by atoms with Gasteiger partial charge in [0.05, 0.1) is 16.7 Å². The van der Waals surface area contributed by atoms with Gasteiger partial charge in [-0.3, -0.25) is 4.79 Å². The first kappa shape index (κ1) is 22.7. The van der Waals surface area contributed by atoms with Crippen LogP contribution in [0.1, 0.15) is 21.5 Å². The van der Waals surface area contributed by atoms with Gasteiger partial charge in [-0.1, -0.05) is 36.0 Å². The van der Waals surface area contributed by atoms with Crippen molar-refractivity contribution in [2.45, 2.75) is 16.0 Å². The Morgan fingerprint density at radius 1 is 0.939 bits per heavy atom. The van der Waals surface area contributed by atoms with E-state index in [-0.39, 0.29) is 5.91 Å². The number of carbonyl (C=O) groups excluding carboxylic acids is 1. The monoisotopic (exact) mass is 468 g/mol. The van der Waals surface area contributed by atoms with E-state index in [9.17, 15) is 23.2 Å². The first-order valence-corrected chi connectivity index (χ1v) is 11.0.